The maximum Gasteiger partial charge on any atom is 0.141 e. The van der Waals surface area contributed by atoms with Crippen LogP contribution >= 0.6 is 11.3 Å². The molecule has 0 aliphatic rings. The van der Waals surface area contributed by atoms with Gasteiger partial charge in [0.1, 0.15) is 12.7 Å². The summed E-state index contributed by atoms with van der Waals surface area (Å²) >= 11 is 1.67. The van der Waals surface area contributed by atoms with Crippen molar-refractivity contribution in [1.82, 2.24) is 14.9 Å². The molecule has 2 heterocycles. The summed E-state index contributed by atoms with van der Waals surface area (Å²) in [6.07, 6.45) is 4.92. The fourth-order valence-electron chi connectivity index (χ4n) is 0.891. The first-order valence-corrected chi connectivity index (χ1v) is 4.67. The van der Waals surface area contributed by atoms with Crippen LogP contribution < -0.4 is 0 Å². The standard InChI is InChI=1S/C8H8N4S/c1-7-2-3-13-8(7)4-11-12-5-9-10-6-12/h2-6H,1H3. The average molecular weight is 192 g/mol. The fraction of sp³-hybridized carbons (Fsp3) is 0.125. The topological polar surface area (TPSA) is 43.1 Å². The van der Waals surface area contributed by atoms with Gasteiger partial charge < -0.3 is 0 Å². The van der Waals surface area contributed by atoms with Gasteiger partial charge >= 0.3 is 0 Å². The SMILES string of the molecule is Cc1ccsc1C=Nn1cnnc1. The molecule has 0 aliphatic heterocycles. The Morgan fingerprint density at radius 1 is 1.46 bits per heavy atom. The van der Waals surface area contributed by atoms with Gasteiger partial charge in [-0.25, -0.2) is 4.68 Å². The summed E-state index contributed by atoms with van der Waals surface area (Å²) in [5.41, 5.74) is 1.24. The second kappa shape index (κ2) is 3.49. The minimum Gasteiger partial charge on any atom is -0.208 e. The molecule has 0 aliphatic carbocycles. The van der Waals surface area contributed by atoms with Gasteiger partial charge in [-0.1, -0.05) is 0 Å². The third-order valence-corrected chi connectivity index (χ3v) is 2.57. The first-order valence-electron chi connectivity index (χ1n) is 3.79. The van der Waals surface area contributed by atoms with Gasteiger partial charge in [-0.05, 0) is 23.9 Å². The van der Waals surface area contributed by atoms with E-state index in [0.29, 0.717) is 0 Å². The quantitative estimate of drug-likeness (QED) is 0.677. The van der Waals surface area contributed by atoms with E-state index in [1.165, 1.54) is 5.56 Å². The monoisotopic (exact) mass is 192 g/mol. The van der Waals surface area contributed by atoms with E-state index in [4.69, 9.17) is 0 Å². The molecule has 0 fully saturated rings. The van der Waals surface area contributed by atoms with E-state index in [-0.39, 0.29) is 0 Å². The Bertz CT molecular complexity index is 401. The molecule has 0 N–H and O–H groups in total. The summed E-state index contributed by atoms with van der Waals surface area (Å²) in [6.45, 7) is 2.06. The van der Waals surface area contributed by atoms with E-state index in [0.717, 1.165) is 4.88 Å². The van der Waals surface area contributed by atoms with Crippen molar-refractivity contribution in [2.24, 2.45) is 5.10 Å². The van der Waals surface area contributed by atoms with Crippen molar-refractivity contribution in [3.05, 3.63) is 34.5 Å². The molecule has 4 nitrogen and oxygen atoms in total. The maximum atomic E-state index is 4.15. The molecule has 0 atom stereocenters. The van der Waals surface area contributed by atoms with Crippen LogP contribution in [0.15, 0.2) is 29.2 Å². The van der Waals surface area contributed by atoms with Gasteiger partial charge in [-0.2, -0.15) is 5.10 Å². The third kappa shape index (κ3) is 1.81. The van der Waals surface area contributed by atoms with Crippen molar-refractivity contribution in [3.63, 3.8) is 0 Å². The molecular weight excluding hydrogens is 184 g/mol. The lowest BCUT2D eigenvalue weighted by Gasteiger charge is -1.89. The van der Waals surface area contributed by atoms with Gasteiger partial charge in [-0.3, -0.25) is 0 Å². The molecule has 0 amide bonds. The number of hydrogen-bond donors (Lipinski definition) is 0. The van der Waals surface area contributed by atoms with Gasteiger partial charge in [0.15, 0.2) is 0 Å². The summed E-state index contributed by atoms with van der Waals surface area (Å²) in [7, 11) is 0. The fourth-order valence-corrected chi connectivity index (χ4v) is 1.67. The average Bonchev–Trinajstić information content (AvgIpc) is 2.72. The van der Waals surface area contributed by atoms with Crippen LogP contribution in [0.1, 0.15) is 10.4 Å². The Kier molecular flexibility index (Phi) is 2.18. The zero-order valence-electron chi connectivity index (χ0n) is 7.08. The molecule has 5 heteroatoms. The second-order valence-corrected chi connectivity index (χ2v) is 3.50. The van der Waals surface area contributed by atoms with E-state index in [1.54, 1.807) is 28.7 Å². The molecule has 0 aromatic carbocycles. The molecule has 2 aromatic rings. The van der Waals surface area contributed by atoms with Crippen LogP contribution in [-0.2, 0) is 0 Å². The highest BCUT2D eigenvalue weighted by Gasteiger charge is 1.94. The van der Waals surface area contributed by atoms with Crippen molar-refractivity contribution in [3.8, 4) is 0 Å². The zero-order valence-corrected chi connectivity index (χ0v) is 7.90. The van der Waals surface area contributed by atoms with Gasteiger partial charge in [0.05, 0.1) is 11.1 Å². The van der Waals surface area contributed by atoms with E-state index >= 15 is 0 Å². The number of aromatic nitrogens is 3. The molecule has 0 saturated carbocycles. The van der Waals surface area contributed by atoms with Crippen molar-refractivity contribution >= 4 is 17.6 Å². The predicted octanol–water partition coefficient (Wildman–Crippen LogP) is 1.53. The summed E-state index contributed by atoms with van der Waals surface area (Å²) in [5.74, 6) is 0. The summed E-state index contributed by atoms with van der Waals surface area (Å²) in [6, 6.07) is 2.07. The Morgan fingerprint density at radius 3 is 2.85 bits per heavy atom. The smallest absolute Gasteiger partial charge is 0.141 e. The highest BCUT2D eigenvalue weighted by Crippen LogP contribution is 2.12. The second-order valence-electron chi connectivity index (χ2n) is 2.55. The molecule has 0 unspecified atom stereocenters. The van der Waals surface area contributed by atoms with Crippen LogP contribution in [0.3, 0.4) is 0 Å². The molecule has 0 radical (unpaired) electrons. The van der Waals surface area contributed by atoms with Gasteiger partial charge in [-0.15, -0.1) is 21.5 Å². The number of hydrogen-bond acceptors (Lipinski definition) is 4. The van der Waals surface area contributed by atoms with Crippen LogP contribution in [0.25, 0.3) is 0 Å². The molecule has 0 saturated heterocycles. The largest absolute Gasteiger partial charge is 0.208 e. The number of nitrogens with zero attached hydrogens (tertiary/aromatic N) is 4. The lowest BCUT2D eigenvalue weighted by molar-refractivity contribution is 0.878. The number of aryl methyl sites for hydroxylation is 1. The van der Waals surface area contributed by atoms with Crippen molar-refractivity contribution in [2.75, 3.05) is 0 Å². The molecule has 2 rings (SSSR count). The molecule has 66 valence electrons. The van der Waals surface area contributed by atoms with Crippen LogP contribution in [-0.4, -0.2) is 21.1 Å². The minimum atomic E-state index is 1.16. The highest BCUT2D eigenvalue weighted by atomic mass is 32.1. The van der Waals surface area contributed by atoms with Crippen molar-refractivity contribution < 1.29 is 0 Å². The zero-order chi connectivity index (χ0) is 9.10. The molecular formula is C8H8N4S. The first-order chi connectivity index (χ1) is 6.36. The Labute approximate surface area is 79.6 Å². The predicted molar refractivity (Wildman–Crippen MR) is 52.1 cm³/mol. The van der Waals surface area contributed by atoms with E-state index in [1.807, 2.05) is 11.6 Å². The van der Waals surface area contributed by atoms with Crippen LogP contribution in [0.2, 0.25) is 0 Å². The summed E-state index contributed by atoms with van der Waals surface area (Å²) < 4.78 is 1.57. The molecule has 2 aromatic heterocycles. The Balaban J connectivity index is 2.19. The van der Waals surface area contributed by atoms with E-state index in [2.05, 4.69) is 28.3 Å². The molecule has 0 bridgehead atoms. The lowest BCUT2D eigenvalue weighted by Crippen LogP contribution is -1.85. The lowest BCUT2D eigenvalue weighted by atomic mass is 10.3. The van der Waals surface area contributed by atoms with Crippen molar-refractivity contribution in [1.29, 1.82) is 0 Å². The first kappa shape index (κ1) is 8.12. The molecule has 13 heavy (non-hydrogen) atoms. The van der Waals surface area contributed by atoms with Gasteiger partial charge in [0.2, 0.25) is 0 Å². The number of rotatable bonds is 2. The van der Waals surface area contributed by atoms with E-state index in [9.17, 15) is 0 Å². The van der Waals surface area contributed by atoms with E-state index < -0.39 is 0 Å². The number of thiophene rings is 1. The van der Waals surface area contributed by atoms with Gasteiger partial charge in [0, 0.05) is 0 Å². The van der Waals surface area contributed by atoms with Crippen LogP contribution in [0.4, 0.5) is 0 Å². The normalized spacial score (nSPS) is 11.2. The van der Waals surface area contributed by atoms with Crippen LogP contribution in [0, 0.1) is 6.92 Å². The Morgan fingerprint density at radius 2 is 2.23 bits per heavy atom. The Hall–Kier alpha value is -1.49. The van der Waals surface area contributed by atoms with Gasteiger partial charge in [0.25, 0.3) is 0 Å². The summed E-state index contributed by atoms with van der Waals surface area (Å²) in [4.78, 5) is 1.16. The van der Waals surface area contributed by atoms with Crippen molar-refractivity contribution in [2.45, 2.75) is 6.92 Å². The maximum absolute atomic E-state index is 4.15. The highest BCUT2D eigenvalue weighted by molar-refractivity contribution is 7.11. The third-order valence-electron chi connectivity index (χ3n) is 1.62. The summed E-state index contributed by atoms with van der Waals surface area (Å²) in [5, 5.41) is 13.5. The van der Waals surface area contributed by atoms with Crippen LogP contribution in [0.5, 0.6) is 0 Å². The minimum absolute atomic E-state index is 1.16. The molecule has 0 spiro atoms.